The number of aromatic nitrogens is 1. The van der Waals surface area contributed by atoms with E-state index in [0.717, 1.165) is 11.3 Å². The number of rotatable bonds is 9. The maximum absolute atomic E-state index is 12.2. The van der Waals surface area contributed by atoms with Crippen LogP contribution in [0.5, 0.6) is 5.75 Å². The lowest BCUT2D eigenvalue weighted by atomic mass is 10.1. The fraction of sp³-hybridized carbons (Fsp3) is 0.316. The second kappa shape index (κ2) is 10.1. The summed E-state index contributed by atoms with van der Waals surface area (Å²) in [6, 6.07) is 9.20. The van der Waals surface area contributed by atoms with Crippen LogP contribution in [0.15, 0.2) is 42.7 Å². The molecule has 2 aromatic rings. The van der Waals surface area contributed by atoms with E-state index in [0.29, 0.717) is 37.2 Å². The summed E-state index contributed by atoms with van der Waals surface area (Å²) in [5.74, 6) is 0.240. The molecular weight excluding hydrogens is 334 g/mol. The zero-order valence-electron chi connectivity index (χ0n) is 15.0. The lowest BCUT2D eigenvalue weighted by molar-refractivity contribution is 0.0936. The normalized spacial score (nSPS) is 10.2. The zero-order valence-corrected chi connectivity index (χ0v) is 15.0. The molecule has 0 aliphatic heterocycles. The first-order valence-corrected chi connectivity index (χ1v) is 8.27. The molecule has 0 saturated heterocycles. The molecule has 0 aliphatic rings. The van der Waals surface area contributed by atoms with Crippen molar-refractivity contribution in [1.29, 1.82) is 0 Å². The highest BCUT2D eigenvalue weighted by molar-refractivity contribution is 5.99. The quantitative estimate of drug-likeness (QED) is 0.663. The number of ether oxygens (including phenoxy) is 2. The van der Waals surface area contributed by atoms with Gasteiger partial charge in [0, 0.05) is 32.6 Å². The number of nitrogens with one attached hydrogen (secondary N) is 2. The van der Waals surface area contributed by atoms with Gasteiger partial charge in [-0.15, -0.1) is 0 Å². The van der Waals surface area contributed by atoms with Crippen molar-refractivity contribution in [2.24, 2.45) is 0 Å². The van der Waals surface area contributed by atoms with Crippen LogP contribution in [0.1, 0.15) is 26.3 Å². The number of nitrogens with zero attached hydrogens (tertiary/aromatic N) is 1. The Bertz CT molecular complexity index is 732. The Balaban J connectivity index is 1.86. The van der Waals surface area contributed by atoms with E-state index < -0.39 is 0 Å². The van der Waals surface area contributed by atoms with Gasteiger partial charge in [0.25, 0.3) is 11.8 Å². The zero-order chi connectivity index (χ0) is 18.8. The van der Waals surface area contributed by atoms with Crippen molar-refractivity contribution in [2.75, 3.05) is 33.9 Å². The van der Waals surface area contributed by atoms with Crippen LogP contribution in [-0.2, 0) is 11.2 Å². The number of carbonyl (C=O) groups excluding carboxylic acids is 2. The first-order valence-electron chi connectivity index (χ1n) is 8.27. The molecular formula is C19H23N3O4. The topological polar surface area (TPSA) is 89.5 Å². The minimum Gasteiger partial charge on any atom is -0.497 e. The summed E-state index contributed by atoms with van der Waals surface area (Å²) >= 11 is 0. The SMILES string of the molecule is COCCNC(=O)c1cncc(C(=O)NCCc2ccc(OC)cc2)c1. The molecule has 2 N–H and O–H groups in total. The van der Waals surface area contributed by atoms with Gasteiger partial charge in [-0.3, -0.25) is 14.6 Å². The third kappa shape index (κ3) is 5.86. The average Bonchev–Trinajstić information content (AvgIpc) is 2.68. The Morgan fingerprint density at radius 2 is 1.58 bits per heavy atom. The van der Waals surface area contributed by atoms with Crippen LogP contribution < -0.4 is 15.4 Å². The van der Waals surface area contributed by atoms with E-state index in [2.05, 4.69) is 15.6 Å². The van der Waals surface area contributed by atoms with Crippen LogP contribution in [-0.4, -0.2) is 50.7 Å². The van der Waals surface area contributed by atoms with Crippen molar-refractivity contribution in [3.63, 3.8) is 0 Å². The molecule has 7 heteroatoms. The molecule has 0 spiro atoms. The highest BCUT2D eigenvalue weighted by Gasteiger charge is 2.11. The Morgan fingerprint density at radius 3 is 2.15 bits per heavy atom. The van der Waals surface area contributed by atoms with Crippen LogP contribution in [0.4, 0.5) is 0 Å². The average molecular weight is 357 g/mol. The molecule has 0 aliphatic carbocycles. The standard InChI is InChI=1S/C19H23N3O4/c1-25-10-9-22-19(24)16-11-15(12-20-13-16)18(23)21-8-7-14-3-5-17(26-2)6-4-14/h3-6,11-13H,7-10H2,1-2H3,(H,21,23)(H,22,24). The summed E-state index contributed by atoms with van der Waals surface area (Å²) in [7, 11) is 3.18. The number of pyridine rings is 1. The molecule has 0 bridgehead atoms. The Kier molecular flexibility index (Phi) is 7.57. The molecule has 26 heavy (non-hydrogen) atoms. The van der Waals surface area contributed by atoms with Gasteiger partial charge >= 0.3 is 0 Å². The molecule has 1 aromatic carbocycles. The maximum Gasteiger partial charge on any atom is 0.252 e. The number of amides is 2. The molecule has 138 valence electrons. The van der Waals surface area contributed by atoms with E-state index in [4.69, 9.17) is 9.47 Å². The minimum absolute atomic E-state index is 0.266. The smallest absolute Gasteiger partial charge is 0.252 e. The molecule has 2 rings (SSSR count). The van der Waals surface area contributed by atoms with Crippen LogP contribution in [0.2, 0.25) is 0 Å². The van der Waals surface area contributed by atoms with E-state index in [9.17, 15) is 9.59 Å². The Labute approximate surface area is 152 Å². The summed E-state index contributed by atoms with van der Waals surface area (Å²) in [5, 5.41) is 5.53. The molecule has 7 nitrogen and oxygen atoms in total. The Hall–Kier alpha value is -2.93. The van der Waals surface area contributed by atoms with Crippen LogP contribution in [0.25, 0.3) is 0 Å². The van der Waals surface area contributed by atoms with Gasteiger partial charge in [0.2, 0.25) is 0 Å². The summed E-state index contributed by atoms with van der Waals surface area (Å²) < 4.78 is 10.00. The highest BCUT2D eigenvalue weighted by atomic mass is 16.5. The molecule has 2 amide bonds. The largest absolute Gasteiger partial charge is 0.497 e. The molecule has 0 saturated carbocycles. The molecule has 1 heterocycles. The van der Waals surface area contributed by atoms with Crippen molar-refractivity contribution in [2.45, 2.75) is 6.42 Å². The van der Waals surface area contributed by atoms with Crippen molar-refractivity contribution in [3.05, 3.63) is 59.4 Å². The van der Waals surface area contributed by atoms with Gasteiger partial charge in [0.05, 0.1) is 24.8 Å². The molecule has 0 radical (unpaired) electrons. The van der Waals surface area contributed by atoms with Crippen LogP contribution >= 0.6 is 0 Å². The van der Waals surface area contributed by atoms with E-state index in [1.54, 1.807) is 14.2 Å². The second-order valence-corrected chi connectivity index (χ2v) is 5.56. The number of carbonyl (C=O) groups is 2. The van der Waals surface area contributed by atoms with Crippen molar-refractivity contribution in [1.82, 2.24) is 15.6 Å². The van der Waals surface area contributed by atoms with Gasteiger partial charge in [-0.05, 0) is 30.2 Å². The monoisotopic (exact) mass is 357 g/mol. The summed E-state index contributed by atoms with van der Waals surface area (Å²) in [4.78, 5) is 28.2. The van der Waals surface area contributed by atoms with Gasteiger partial charge in [0.1, 0.15) is 5.75 Å². The van der Waals surface area contributed by atoms with Gasteiger partial charge < -0.3 is 20.1 Å². The lowest BCUT2D eigenvalue weighted by Gasteiger charge is -2.08. The third-order valence-corrected chi connectivity index (χ3v) is 3.71. The van der Waals surface area contributed by atoms with Gasteiger partial charge in [0.15, 0.2) is 0 Å². The molecule has 0 unspecified atom stereocenters. The fourth-order valence-electron chi connectivity index (χ4n) is 2.27. The predicted molar refractivity (Wildman–Crippen MR) is 97.5 cm³/mol. The number of benzene rings is 1. The van der Waals surface area contributed by atoms with Crippen LogP contribution in [0.3, 0.4) is 0 Å². The van der Waals surface area contributed by atoms with E-state index >= 15 is 0 Å². The van der Waals surface area contributed by atoms with E-state index in [1.165, 1.54) is 18.5 Å². The second-order valence-electron chi connectivity index (χ2n) is 5.56. The minimum atomic E-state index is -0.289. The predicted octanol–water partition coefficient (Wildman–Crippen LogP) is 1.44. The van der Waals surface area contributed by atoms with E-state index in [-0.39, 0.29) is 11.8 Å². The first-order chi connectivity index (χ1) is 12.6. The van der Waals surface area contributed by atoms with Crippen molar-refractivity contribution < 1.29 is 19.1 Å². The number of methoxy groups -OCH3 is 2. The summed E-state index contributed by atoms with van der Waals surface area (Å²) in [5.41, 5.74) is 1.78. The lowest BCUT2D eigenvalue weighted by Crippen LogP contribution is -2.28. The Morgan fingerprint density at radius 1 is 0.962 bits per heavy atom. The summed E-state index contributed by atoms with van der Waals surface area (Å²) in [6.45, 7) is 1.30. The van der Waals surface area contributed by atoms with E-state index in [1.807, 2.05) is 24.3 Å². The van der Waals surface area contributed by atoms with Gasteiger partial charge in [-0.2, -0.15) is 0 Å². The maximum atomic E-state index is 12.2. The number of hydrogen-bond donors (Lipinski definition) is 2. The van der Waals surface area contributed by atoms with Gasteiger partial charge in [-0.1, -0.05) is 12.1 Å². The first kappa shape index (κ1) is 19.4. The van der Waals surface area contributed by atoms with Gasteiger partial charge in [-0.25, -0.2) is 0 Å². The summed E-state index contributed by atoms with van der Waals surface area (Å²) in [6.07, 6.45) is 3.56. The molecule has 0 fully saturated rings. The third-order valence-electron chi connectivity index (χ3n) is 3.71. The highest BCUT2D eigenvalue weighted by Crippen LogP contribution is 2.11. The molecule has 1 aromatic heterocycles. The number of hydrogen-bond acceptors (Lipinski definition) is 5. The van der Waals surface area contributed by atoms with Crippen molar-refractivity contribution in [3.8, 4) is 5.75 Å². The fourth-order valence-corrected chi connectivity index (χ4v) is 2.27. The van der Waals surface area contributed by atoms with Crippen LogP contribution in [0, 0.1) is 0 Å². The molecule has 0 atom stereocenters. The van der Waals surface area contributed by atoms with Crippen molar-refractivity contribution >= 4 is 11.8 Å².